The van der Waals surface area contributed by atoms with Crippen LogP contribution in [0.4, 0.5) is 10.5 Å². The summed E-state index contributed by atoms with van der Waals surface area (Å²) in [6.07, 6.45) is 1.40. The molecular weight excluding hydrogens is 376 g/mol. The molecule has 1 aliphatic heterocycles. The van der Waals surface area contributed by atoms with E-state index in [2.05, 4.69) is 4.74 Å². The molecule has 1 saturated heterocycles. The summed E-state index contributed by atoms with van der Waals surface area (Å²) >= 11 is 0.695. The van der Waals surface area contributed by atoms with Crippen molar-refractivity contribution in [2.75, 3.05) is 13.7 Å². The molecule has 1 fully saturated rings. The lowest BCUT2D eigenvalue weighted by Gasteiger charge is -2.09. The van der Waals surface area contributed by atoms with Crippen molar-refractivity contribution in [3.05, 3.63) is 57.2 Å². The molecule has 2 amide bonds. The third kappa shape index (κ3) is 3.90. The van der Waals surface area contributed by atoms with E-state index < -0.39 is 28.6 Å². The van der Waals surface area contributed by atoms with Crippen LogP contribution in [0, 0.1) is 10.1 Å². The fraction of sp³-hybridized carbons (Fsp3) is 0.118. The molecule has 0 N–H and O–H groups in total. The number of nitrogens with zero attached hydrogens (tertiary/aromatic N) is 2. The van der Waals surface area contributed by atoms with Crippen molar-refractivity contribution in [3.63, 3.8) is 0 Å². The van der Waals surface area contributed by atoms with Crippen molar-refractivity contribution in [1.29, 1.82) is 0 Å². The van der Waals surface area contributed by atoms with Crippen LogP contribution in [0.2, 0.25) is 0 Å². The van der Waals surface area contributed by atoms with Crippen molar-refractivity contribution in [2.24, 2.45) is 0 Å². The number of hydrogen-bond donors (Lipinski definition) is 0. The third-order valence-electron chi connectivity index (χ3n) is 3.65. The first kappa shape index (κ1) is 18.4. The van der Waals surface area contributed by atoms with E-state index in [0.717, 1.165) is 4.90 Å². The van der Waals surface area contributed by atoms with Gasteiger partial charge in [-0.2, -0.15) is 0 Å². The quantitative estimate of drug-likeness (QED) is 0.332. The SMILES string of the molecule is COC(=O)CN1C(=O)S/C(=C/c2ccc(-c3ccc([N+](=O)[O-])cc3)o2)C1=O. The maximum atomic E-state index is 12.3. The fourth-order valence-electron chi connectivity index (χ4n) is 2.29. The van der Waals surface area contributed by atoms with Crippen molar-refractivity contribution in [3.8, 4) is 11.3 Å². The van der Waals surface area contributed by atoms with Crippen LogP contribution in [0.15, 0.2) is 45.7 Å². The largest absolute Gasteiger partial charge is 0.468 e. The Labute approximate surface area is 156 Å². The Morgan fingerprint density at radius 1 is 1.26 bits per heavy atom. The van der Waals surface area contributed by atoms with Gasteiger partial charge in [0.25, 0.3) is 16.8 Å². The molecule has 0 unspecified atom stereocenters. The zero-order chi connectivity index (χ0) is 19.6. The first-order valence-corrected chi connectivity index (χ1v) is 8.37. The monoisotopic (exact) mass is 388 g/mol. The van der Waals surface area contributed by atoms with Gasteiger partial charge in [0.1, 0.15) is 18.1 Å². The molecule has 0 aliphatic carbocycles. The minimum Gasteiger partial charge on any atom is -0.468 e. The number of furan rings is 1. The van der Waals surface area contributed by atoms with Gasteiger partial charge in [0.05, 0.1) is 16.9 Å². The Balaban J connectivity index is 1.78. The fourth-order valence-corrected chi connectivity index (χ4v) is 3.11. The topological polar surface area (TPSA) is 120 Å². The molecule has 0 bridgehead atoms. The van der Waals surface area contributed by atoms with Crippen molar-refractivity contribution in [1.82, 2.24) is 4.90 Å². The molecule has 138 valence electrons. The summed E-state index contributed by atoms with van der Waals surface area (Å²) in [4.78, 5) is 46.5. The second-order valence-corrected chi connectivity index (χ2v) is 6.34. The average Bonchev–Trinajstić information content (AvgIpc) is 3.22. The molecular formula is C17H12N2O7S. The second kappa shape index (κ2) is 7.46. The molecule has 0 spiro atoms. The Kier molecular flexibility index (Phi) is 5.08. The van der Waals surface area contributed by atoms with Crippen molar-refractivity contribution < 1.29 is 28.5 Å². The molecule has 3 rings (SSSR count). The first-order chi connectivity index (χ1) is 12.9. The molecule has 0 radical (unpaired) electrons. The lowest BCUT2D eigenvalue weighted by molar-refractivity contribution is -0.384. The van der Waals surface area contributed by atoms with E-state index in [4.69, 9.17) is 4.42 Å². The summed E-state index contributed by atoms with van der Waals surface area (Å²) in [5.41, 5.74) is 0.587. The minimum absolute atomic E-state index is 0.0372. The van der Waals surface area contributed by atoms with Gasteiger partial charge in [-0.15, -0.1) is 0 Å². The van der Waals surface area contributed by atoms with Gasteiger partial charge in [0.2, 0.25) is 0 Å². The predicted octanol–water partition coefficient (Wildman–Crippen LogP) is 3.06. The number of carbonyl (C=O) groups excluding carboxylic acids is 3. The van der Waals surface area contributed by atoms with Crippen molar-refractivity contribution in [2.45, 2.75) is 0 Å². The van der Waals surface area contributed by atoms with Crippen LogP contribution in [0.5, 0.6) is 0 Å². The lowest BCUT2D eigenvalue weighted by Crippen LogP contribution is -2.34. The van der Waals surface area contributed by atoms with Crippen LogP contribution >= 0.6 is 11.8 Å². The number of ether oxygens (including phenoxy) is 1. The minimum atomic E-state index is -0.697. The van der Waals surface area contributed by atoms with Gasteiger partial charge in [0, 0.05) is 23.8 Å². The van der Waals surface area contributed by atoms with Gasteiger partial charge in [-0.1, -0.05) is 0 Å². The van der Waals surface area contributed by atoms with Crippen LogP contribution in [0.25, 0.3) is 17.4 Å². The number of amides is 2. The zero-order valence-electron chi connectivity index (χ0n) is 13.9. The summed E-state index contributed by atoms with van der Waals surface area (Å²) in [6.45, 7) is -0.454. The summed E-state index contributed by atoms with van der Waals surface area (Å²) < 4.78 is 10.1. The van der Waals surface area contributed by atoms with E-state index in [-0.39, 0.29) is 10.6 Å². The molecule has 10 heteroatoms. The molecule has 2 heterocycles. The van der Waals surface area contributed by atoms with E-state index in [1.807, 2.05) is 0 Å². The van der Waals surface area contributed by atoms with Gasteiger partial charge >= 0.3 is 5.97 Å². The number of hydrogen-bond acceptors (Lipinski definition) is 8. The molecule has 27 heavy (non-hydrogen) atoms. The molecule has 2 aromatic rings. The van der Waals surface area contributed by atoms with Crippen LogP contribution in [0.1, 0.15) is 5.76 Å². The molecule has 1 aromatic carbocycles. The van der Waals surface area contributed by atoms with Gasteiger partial charge in [-0.3, -0.25) is 29.4 Å². The van der Waals surface area contributed by atoms with Gasteiger partial charge in [-0.25, -0.2) is 0 Å². The van der Waals surface area contributed by atoms with Crippen LogP contribution < -0.4 is 0 Å². The first-order valence-electron chi connectivity index (χ1n) is 7.56. The Bertz CT molecular complexity index is 962. The summed E-state index contributed by atoms with van der Waals surface area (Å²) in [7, 11) is 1.17. The highest BCUT2D eigenvalue weighted by Gasteiger charge is 2.36. The van der Waals surface area contributed by atoms with E-state index >= 15 is 0 Å². The van der Waals surface area contributed by atoms with E-state index in [0.29, 0.717) is 28.8 Å². The lowest BCUT2D eigenvalue weighted by atomic mass is 10.1. The molecule has 0 saturated carbocycles. The summed E-state index contributed by atoms with van der Waals surface area (Å²) in [5, 5.41) is 10.1. The number of thioether (sulfide) groups is 1. The zero-order valence-corrected chi connectivity index (χ0v) is 14.7. The number of non-ortho nitro benzene ring substituents is 1. The number of imide groups is 1. The summed E-state index contributed by atoms with van der Waals surface area (Å²) in [6, 6.07) is 9.05. The maximum absolute atomic E-state index is 12.3. The standard InChI is InChI=1S/C17H12N2O7S/c1-25-15(20)9-18-16(21)14(27-17(18)22)8-12-6-7-13(26-12)10-2-4-11(5-3-10)19(23)24/h2-8H,9H2,1H3/b14-8+. The van der Waals surface area contributed by atoms with E-state index in [1.54, 1.807) is 24.3 Å². The number of nitro benzene ring substituents is 1. The molecule has 9 nitrogen and oxygen atoms in total. The normalized spacial score (nSPS) is 15.4. The van der Waals surface area contributed by atoms with Crippen LogP contribution in [-0.4, -0.2) is 40.6 Å². The second-order valence-electron chi connectivity index (χ2n) is 5.35. The van der Waals surface area contributed by atoms with E-state index in [9.17, 15) is 24.5 Å². The Morgan fingerprint density at radius 3 is 2.59 bits per heavy atom. The average molecular weight is 388 g/mol. The van der Waals surface area contributed by atoms with Gasteiger partial charge < -0.3 is 9.15 Å². The number of esters is 1. The number of nitro groups is 1. The third-order valence-corrected chi connectivity index (χ3v) is 4.56. The van der Waals surface area contributed by atoms with Gasteiger partial charge in [0.15, 0.2) is 0 Å². The molecule has 1 aromatic heterocycles. The highest BCUT2D eigenvalue weighted by Crippen LogP contribution is 2.33. The number of benzene rings is 1. The predicted molar refractivity (Wildman–Crippen MR) is 95.5 cm³/mol. The maximum Gasteiger partial charge on any atom is 0.325 e. The number of carbonyl (C=O) groups is 3. The number of rotatable bonds is 5. The smallest absolute Gasteiger partial charge is 0.325 e. The van der Waals surface area contributed by atoms with E-state index in [1.165, 1.54) is 25.3 Å². The van der Waals surface area contributed by atoms with Crippen molar-refractivity contribution >= 4 is 40.6 Å². The Hall–Kier alpha value is -3.40. The van der Waals surface area contributed by atoms with Crippen LogP contribution in [-0.2, 0) is 14.3 Å². The van der Waals surface area contributed by atoms with Crippen LogP contribution in [0.3, 0.4) is 0 Å². The Morgan fingerprint density at radius 2 is 1.96 bits per heavy atom. The highest BCUT2D eigenvalue weighted by atomic mass is 32.2. The highest BCUT2D eigenvalue weighted by molar-refractivity contribution is 8.18. The molecule has 0 atom stereocenters. The number of methoxy groups -OCH3 is 1. The molecule has 1 aliphatic rings. The summed E-state index contributed by atoms with van der Waals surface area (Å²) in [5.74, 6) is -0.530. The van der Waals surface area contributed by atoms with Gasteiger partial charge in [-0.05, 0) is 36.0 Å².